The lowest BCUT2D eigenvalue weighted by Gasteiger charge is -2.16. The zero-order valence-corrected chi connectivity index (χ0v) is 29.4. The van der Waals surface area contributed by atoms with Crippen molar-refractivity contribution in [2.45, 2.75) is 0 Å². The molecule has 3 aromatic heterocycles. The molecule has 0 spiro atoms. The van der Waals surface area contributed by atoms with Gasteiger partial charge in [0.15, 0.2) is 0 Å². The topological polar surface area (TPSA) is 70.6 Å². The van der Waals surface area contributed by atoms with E-state index in [4.69, 9.17) is 4.42 Å². The van der Waals surface area contributed by atoms with Gasteiger partial charge in [0, 0.05) is 38.3 Å². The van der Waals surface area contributed by atoms with Crippen molar-refractivity contribution >= 4 is 65.6 Å². The first-order chi connectivity index (χ1) is 27.2. The third kappa shape index (κ3) is 4.64. The summed E-state index contributed by atoms with van der Waals surface area (Å²) in [5, 5.41) is 26.3. The van der Waals surface area contributed by atoms with Crippen LogP contribution in [0.5, 0.6) is 0 Å². The van der Waals surface area contributed by atoms with Gasteiger partial charge >= 0.3 is 0 Å². The van der Waals surface area contributed by atoms with Crippen LogP contribution in [-0.2, 0) is 0 Å². The van der Waals surface area contributed by atoms with E-state index in [1.165, 1.54) is 10.8 Å². The van der Waals surface area contributed by atoms with Crippen molar-refractivity contribution in [3.8, 4) is 45.8 Å². The van der Waals surface area contributed by atoms with Crippen molar-refractivity contribution in [3.63, 3.8) is 0 Å². The molecule has 0 atom stereocenters. The Morgan fingerprint density at radius 2 is 0.909 bits per heavy atom. The predicted molar refractivity (Wildman–Crippen MR) is 223 cm³/mol. The van der Waals surface area contributed by atoms with Crippen LogP contribution in [0.1, 0.15) is 11.1 Å². The summed E-state index contributed by atoms with van der Waals surface area (Å²) < 4.78 is 11.3. The number of furan rings is 1. The lowest BCUT2D eigenvalue weighted by Crippen LogP contribution is -2.00. The molecule has 254 valence electrons. The molecule has 11 aromatic rings. The maximum absolute atomic E-state index is 9.73. The number of para-hydroxylation sites is 4. The lowest BCUT2D eigenvalue weighted by molar-refractivity contribution is 0.673. The summed E-state index contributed by atoms with van der Waals surface area (Å²) in [4.78, 5) is 0. The number of fused-ring (bicyclic) bond motifs is 10. The minimum atomic E-state index is 0.458. The molecule has 5 heteroatoms. The molecule has 0 saturated carbocycles. The summed E-state index contributed by atoms with van der Waals surface area (Å²) in [6.45, 7) is 0. The van der Waals surface area contributed by atoms with E-state index < -0.39 is 0 Å². The molecule has 3 heterocycles. The summed E-state index contributed by atoms with van der Waals surface area (Å²) >= 11 is 0. The molecule has 0 bridgehead atoms. The Labute approximate surface area is 315 Å². The second-order valence-electron chi connectivity index (χ2n) is 14.0. The number of rotatable bonds is 4. The number of nitriles is 2. The molecule has 0 saturated heterocycles. The molecule has 0 unspecified atom stereocenters. The van der Waals surface area contributed by atoms with Crippen LogP contribution in [0.15, 0.2) is 174 Å². The van der Waals surface area contributed by atoms with Crippen LogP contribution in [0.3, 0.4) is 0 Å². The standard InChI is InChI=1S/C50H28N4O/c51-29-31-22-32(30-52)24-35(23-31)33-10-9-11-34(25-33)36-26-37(53-44-16-5-1-12-39(44)40-13-2-6-17-45(40)53)28-38(27-36)54-46-18-7-3-15-43(46)49-47(54)21-20-42-41-14-4-8-19-48(41)55-50(42)49/h1-28H. The Bertz CT molecular complexity index is 3390. The van der Waals surface area contributed by atoms with Gasteiger partial charge in [-0.25, -0.2) is 0 Å². The monoisotopic (exact) mass is 700 g/mol. The third-order valence-electron chi connectivity index (χ3n) is 10.9. The van der Waals surface area contributed by atoms with E-state index in [0.717, 1.165) is 88.4 Å². The van der Waals surface area contributed by atoms with Gasteiger partial charge in [0.2, 0.25) is 0 Å². The van der Waals surface area contributed by atoms with Gasteiger partial charge in [-0.3, -0.25) is 0 Å². The Hall–Kier alpha value is -7.86. The van der Waals surface area contributed by atoms with Gasteiger partial charge in [-0.1, -0.05) is 91.0 Å². The zero-order valence-electron chi connectivity index (χ0n) is 29.4. The van der Waals surface area contributed by atoms with Gasteiger partial charge in [0.1, 0.15) is 11.2 Å². The third-order valence-corrected chi connectivity index (χ3v) is 10.9. The number of hydrogen-bond acceptors (Lipinski definition) is 3. The summed E-state index contributed by atoms with van der Waals surface area (Å²) in [6, 6.07) is 63.3. The number of nitrogens with zero attached hydrogens (tertiary/aromatic N) is 4. The van der Waals surface area contributed by atoms with Crippen molar-refractivity contribution in [1.29, 1.82) is 10.5 Å². The quantitative estimate of drug-likeness (QED) is 0.183. The molecule has 8 aromatic carbocycles. The van der Waals surface area contributed by atoms with E-state index in [-0.39, 0.29) is 0 Å². The van der Waals surface area contributed by atoms with Crippen LogP contribution in [0.25, 0.3) is 99.2 Å². The highest BCUT2D eigenvalue weighted by Crippen LogP contribution is 2.42. The maximum Gasteiger partial charge on any atom is 0.145 e. The van der Waals surface area contributed by atoms with Crippen molar-refractivity contribution in [1.82, 2.24) is 9.13 Å². The molecule has 5 nitrogen and oxygen atoms in total. The summed E-state index contributed by atoms with van der Waals surface area (Å²) in [6.07, 6.45) is 0. The number of hydrogen-bond donors (Lipinski definition) is 0. The molecule has 0 N–H and O–H groups in total. The normalized spacial score (nSPS) is 11.6. The smallest absolute Gasteiger partial charge is 0.145 e. The van der Waals surface area contributed by atoms with E-state index >= 15 is 0 Å². The molecule has 0 fully saturated rings. The summed E-state index contributed by atoms with van der Waals surface area (Å²) in [5.74, 6) is 0. The molecule has 0 aliphatic carbocycles. The van der Waals surface area contributed by atoms with Crippen LogP contribution < -0.4 is 0 Å². The average Bonchev–Trinajstić information content (AvgIpc) is 3.91. The highest BCUT2D eigenvalue weighted by molar-refractivity contribution is 6.24. The van der Waals surface area contributed by atoms with E-state index in [0.29, 0.717) is 11.1 Å². The van der Waals surface area contributed by atoms with E-state index in [2.05, 4.69) is 149 Å². The van der Waals surface area contributed by atoms with Crippen LogP contribution >= 0.6 is 0 Å². The van der Waals surface area contributed by atoms with E-state index in [1.807, 2.05) is 36.4 Å². The SMILES string of the molecule is N#Cc1cc(C#N)cc(-c2cccc(-c3cc(-n4c5ccccc5c5ccccc54)cc(-n4c5ccccc5c5c6oc7ccccc7c6ccc54)c3)c2)c1. The van der Waals surface area contributed by atoms with Gasteiger partial charge in [0.25, 0.3) is 0 Å². The Morgan fingerprint density at radius 3 is 1.55 bits per heavy atom. The van der Waals surface area contributed by atoms with Crippen LogP contribution in [-0.4, -0.2) is 9.13 Å². The van der Waals surface area contributed by atoms with Crippen LogP contribution in [0.4, 0.5) is 0 Å². The fraction of sp³-hybridized carbons (Fsp3) is 0. The van der Waals surface area contributed by atoms with Gasteiger partial charge in [-0.15, -0.1) is 0 Å². The van der Waals surface area contributed by atoms with Crippen molar-refractivity contribution in [2.24, 2.45) is 0 Å². The molecule has 0 aliphatic rings. The molecular formula is C50H28N4O. The zero-order chi connectivity index (χ0) is 36.6. The summed E-state index contributed by atoms with van der Waals surface area (Å²) in [5.41, 5.74) is 12.9. The fourth-order valence-corrected chi connectivity index (χ4v) is 8.54. The van der Waals surface area contributed by atoms with Crippen LogP contribution in [0.2, 0.25) is 0 Å². The molecular weight excluding hydrogens is 673 g/mol. The predicted octanol–water partition coefficient (Wildman–Crippen LogP) is 12.9. The number of benzene rings is 8. The second kappa shape index (κ2) is 11.8. The fourth-order valence-electron chi connectivity index (χ4n) is 8.54. The Morgan fingerprint density at radius 1 is 0.382 bits per heavy atom. The Kier molecular flexibility index (Phi) is 6.61. The Balaban J connectivity index is 1.22. The highest BCUT2D eigenvalue weighted by Gasteiger charge is 2.21. The average molecular weight is 701 g/mol. The van der Waals surface area contributed by atoms with E-state index in [1.54, 1.807) is 6.07 Å². The molecule has 0 aliphatic heterocycles. The minimum absolute atomic E-state index is 0.458. The first-order valence-electron chi connectivity index (χ1n) is 18.2. The van der Waals surface area contributed by atoms with E-state index in [9.17, 15) is 10.5 Å². The highest BCUT2D eigenvalue weighted by atomic mass is 16.3. The van der Waals surface area contributed by atoms with Gasteiger partial charge < -0.3 is 13.6 Å². The lowest BCUT2D eigenvalue weighted by atomic mass is 9.96. The second-order valence-corrected chi connectivity index (χ2v) is 14.0. The first kappa shape index (κ1) is 30.7. The minimum Gasteiger partial charge on any atom is -0.455 e. The van der Waals surface area contributed by atoms with Crippen molar-refractivity contribution < 1.29 is 4.42 Å². The van der Waals surface area contributed by atoms with Gasteiger partial charge in [-0.05, 0) is 101 Å². The maximum atomic E-state index is 9.73. The molecule has 11 rings (SSSR count). The van der Waals surface area contributed by atoms with Gasteiger partial charge in [-0.2, -0.15) is 10.5 Å². The van der Waals surface area contributed by atoms with Crippen molar-refractivity contribution in [2.75, 3.05) is 0 Å². The molecule has 0 amide bonds. The van der Waals surface area contributed by atoms with Gasteiger partial charge in [0.05, 0.1) is 50.7 Å². The molecule has 0 radical (unpaired) electrons. The summed E-state index contributed by atoms with van der Waals surface area (Å²) in [7, 11) is 0. The first-order valence-corrected chi connectivity index (χ1v) is 18.2. The molecule has 55 heavy (non-hydrogen) atoms. The largest absolute Gasteiger partial charge is 0.455 e. The van der Waals surface area contributed by atoms with Crippen molar-refractivity contribution in [3.05, 3.63) is 181 Å². The number of aromatic nitrogens is 2. The van der Waals surface area contributed by atoms with Crippen LogP contribution in [0, 0.1) is 22.7 Å².